The summed E-state index contributed by atoms with van der Waals surface area (Å²) in [7, 11) is 0.900. The normalized spacial score (nSPS) is 12.9. The van der Waals surface area contributed by atoms with Gasteiger partial charge in [0.05, 0.1) is 5.16 Å². The lowest BCUT2D eigenvalue weighted by Gasteiger charge is -2.13. The van der Waals surface area contributed by atoms with E-state index in [1.807, 2.05) is 6.66 Å². The summed E-state index contributed by atoms with van der Waals surface area (Å²) >= 11 is 0. The van der Waals surface area contributed by atoms with E-state index in [-0.39, 0.29) is 0 Å². The third-order valence-electron chi connectivity index (χ3n) is 1.08. The van der Waals surface area contributed by atoms with Gasteiger partial charge < -0.3 is 5.11 Å². The molecule has 0 heterocycles. The van der Waals surface area contributed by atoms with E-state index >= 15 is 0 Å². The van der Waals surface area contributed by atoms with Crippen molar-refractivity contribution in [3.63, 3.8) is 0 Å². The third-order valence-corrected chi connectivity index (χ3v) is 2.39. The molecule has 0 aromatic heterocycles. The standard InChI is InChI=1S/C5H10O2P/c1-5(2,8-3)4(6)7/h1-3H3,(H,6,7). The number of hydrogen-bond donors (Lipinski definition) is 1. The molecule has 0 aliphatic carbocycles. The second kappa shape index (κ2) is 2.45. The molecule has 8 heavy (non-hydrogen) atoms. The molecule has 3 heteroatoms. The minimum absolute atomic E-state index is 0.569. The van der Waals surface area contributed by atoms with Gasteiger partial charge in [-0.3, -0.25) is 4.79 Å². The van der Waals surface area contributed by atoms with E-state index in [2.05, 4.69) is 0 Å². The van der Waals surface area contributed by atoms with Crippen LogP contribution in [0.1, 0.15) is 13.8 Å². The van der Waals surface area contributed by atoms with Crippen molar-refractivity contribution < 1.29 is 9.90 Å². The first-order chi connectivity index (χ1) is 3.50. The Hall–Kier alpha value is -0.100. The van der Waals surface area contributed by atoms with E-state index in [0.717, 1.165) is 8.58 Å². The van der Waals surface area contributed by atoms with Crippen LogP contribution in [0.25, 0.3) is 0 Å². The Morgan fingerprint density at radius 2 is 2.00 bits per heavy atom. The first kappa shape index (κ1) is 7.90. The quantitative estimate of drug-likeness (QED) is 0.578. The van der Waals surface area contributed by atoms with Crippen molar-refractivity contribution in [2.75, 3.05) is 6.66 Å². The van der Waals surface area contributed by atoms with Gasteiger partial charge in [-0.1, -0.05) is 8.58 Å². The average Bonchev–Trinajstić information content (AvgIpc) is 1.67. The predicted molar refractivity (Wildman–Crippen MR) is 34.6 cm³/mol. The van der Waals surface area contributed by atoms with Crippen molar-refractivity contribution in [3.05, 3.63) is 0 Å². The molecule has 1 radical (unpaired) electrons. The van der Waals surface area contributed by atoms with Crippen LogP contribution in [0.4, 0.5) is 0 Å². The van der Waals surface area contributed by atoms with Gasteiger partial charge in [0.25, 0.3) is 0 Å². The minimum Gasteiger partial charge on any atom is -0.481 e. The second-order valence-corrected chi connectivity index (χ2v) is 3.65. The maximum Gasteiger partial charge on any atom is 0.313 e. The average molecular weight is 133 g/mol. The third kappa shape index (κ3) is 1.79. The van der Waals surface area contributed by atoms with E-state index in [0.29, 0.717) is 0 Å². The zero-order valence-corrected chi connectivity index (χ0v) is 6.20. The second-order valence-electron chi connectivity index (χ2n) is 2.09. The lowest BCUT2D eigenvalue weighted by Crippen LogP contribution is -2.24. The molecule has 0 aliphatic rings. The van der Waals surface area contributed by atoms with E-state index in [9.17, 15) is 4.79 Å². The van der Waals surface area contributed by atoms with Gasteiger partial charge in [0, 0.05) is 0 Å². The Bertz CT molecular complexity index is 98.6. The molecule has 0 aromatic rings. The molecule has 0 amide bonds. The molecule has 47 valence electrons. The summed E-state index contributed by atoms with van der Waals surface area (Å²) < 4.78 is 0. The molecule has 0 saturated carbocycles. The first-order valence-corrected chi connectivity index (χ1v) is 3.69. The fourth-order valence-electron chi connectivity index (χ4n) is 0.0956. The van der Waals surface area contributed by atoms with Gasteiger partial charge in [0.1, 0.15) is 0 Å². The number of aliphatic carboxylic acids is 1. The van der Waals surface area contributed by atoms with Gasteiger partial charge in [0.2, 0.25) is 0 Å². The van der Waals surface area contributed by atoms with Gasteiger partial charge in [-0.2, -0.15) is 0 Å². The molecule has 0 saturated heterocycles. The van der Waals surface area contributed by atoms with Gasteiger partial charge in [-0.25, -0.2) is 0 Å². The van der Waals surface area contributed by atoms with Crippen molar-refractivity contribution in [3.8, 4) is 0 Å². The van der Waals surface area contributed by atoms with Crippen LogP contribution in [0.15, 0.2) is 0 Å². The van der Waals surface area contributed by atoms with Crippen molar-refractivity contribution in [2.24, 2.45) is 0 Å². The highest BCUT2D eigenvalue weighted by molar-refractivity contribution is 7.40. The molecule has 0 atom stereocenters. The van der Waals surface area contributed by atoms with Crippen LogP contribution < -0.4 is 0 Å². The van der Waals surface area contributed by atoms with Gasteiger partial charge in [-0.05, 0) is 20.5 Å². The van der Waals surface area contributed by atoms with Crippen LogP contribution in [0.5, 0.6) is 0 Å². The van der Waals surface area contributed by atoms with Crippen LogP contribution >= 0.6 is 8.58 Å². The maximum atomic E-state index is 10.2. The van der Waals surface area contributed by atoms with Crippen molar-refractivity contribution in [1.82, 2.24) is 0 Å². The molecule has 0 aromatic carbocycles. The van der Waals surface area contributed by atoms with Gasteiger partial charge in [0.15, 0.2) is 0 Å². The molecular weight excluding hydrogens is 123 g/mol. The topological polar surface area (TPSA) is 37.3 Å². The monoisotopic (exact) mass is 133 g/mol. The van der Waals surface area contributed by atoms with Gasteiger partial charge in [-0.15, -0.1) is 0 Å². The van der Waals surface area contributed by atoms with E-state index in [4.69, 9.17) is 5.11 Å². The number of rotatable bonds is 2. The summed E-state index contributed by atoms with van der Waals surface area (Å²) in [6.45, 7) is 5.25. The van der Waals surface area contributed by atoms with Crippen LogP contribution in [-0.2, 0) is 4.79 Å². The molecule has 0 unspecified atom stereocenters. The fourth-order valence-corrected chi connectivity index (χ4v) is 0.287. The largest absolute Gasteiger partial charge is 0.481 e. The SMILES string of the molecule is C[P]C(C)(C)C(=O)O. The lowest BCUT2D eigenvalue weighted by atomic mass is 10.2. The van der Waals surface area contributed by atoms with Crippen molar-refractivity contribution in [1.29, 1.82) is 0 Å². The fraction of sp³-hybridized carbons (Fsp3) is 0.800. The zero-order chi connectivity index (χ0) is 6.78. The van der Waals surface area contributed by atoms with Gasteiger partial charge >= 0.3 is 5.97 Å². The summed E-state index contributed by atoms with van der Waals surface area (Å²) in [5, 5.41) is 7.86. The highest BCUT2D eigenvalue weighted by Gasteiger charge is 2.24. The van der Waals surface area contributed by atoms with Crippen LogP contribution in [0.3, 0.4) is 0 Å². The van der Waals surface area contributed by atoms with Crippen LogP contribution in [-0.4, -0.2) is 22.9 Å². The Morgan fingerprint density at radius 1 is 1.62 bits per heavy atom. The number of hydrogen-bond acceptors (Lipinski definition) is 1. The molecule has 1 N–H and O–H groups in total. The summed E-state index contributed by atoms with van der Waals surface area (Å²) in [6, 6.07) is 0. The van der Waals surface area contributed by atoms with Crippen molar-refractivity contribution in [2.45, 2.75) is 19.0 Å². The van der Waals surface area contributed by atoms with Crippen LogP contribution in [0.2, 0.25) is 0 Å². The smallest absolute Gasteiger partial charge is 0.313 e. The molecule has 0 aliphatic heterocycles. The van der Waals surface area contributed by atoms with E-state index in [1.54, 1.807) is 13.8 Å². The summed E-state index contributed by atoms with van der Waals surface area (Å²) in [5.41, 5.74) is 0. The molecule has 0 bridgehead atoms. The Labute approximate surface area is 51.1 Å². The molecule has 0 spiro atoms. The lowest BCUT2D eigenvalue weighted by molar-refractivity contribution is -0.139. The highest BCUT2D eigenvalue weighted by Crippen LogP contribution is 2.26. The Kier molecular flexibility index (Phi) is 2.42. The maximum absolute atomic E-state index is 10.2. The summed E-state index contributed by atoms with van der Waals surface area (Å²) in [4.78, 5) is 10.2. The highest BCUT2D eigenvalue weighted by atomic mass is 31.1. The summed E-state index contributed by atoms with van der Waals surface area (Å²) in [5.74, 6) is -0.735. The number of carbonyl (C=O) groups is 1. The van der Waals surface area contributed by atoms with E-state index in [1.165, 1.54) is 0 Å². The molecule has 0 fully saturated rings. The number of carboxylic acids is 1. The first-order valence-electron chi connectivity index (χ1n) is 2.35. The molecule has 2 nitrogen and oxygen atoms in total. The van der Waals surface area contributed by atoms with Crippen LogP contribution in [0, 0.1) is 0 Å². The Morgan fingerprint density at radius 3 is 2.00 bits per heavy atom. The predicted octanol–water partition coefficient (Wildman–Crippen LogP) is 1.43. The summed E-state index contributed by atoms with van der Waals surface area (Å²) in [6.07, 6.45) is 0. The molecular formula is C5H10O2P. The zero-order valence-electron chi connectivity index (χ0n) is 5.30. The number of carboxylic acid groups (broad SMARTS) is 1. The minimum atomic E-state index is -0.735. The van der Waals surface area contributed by atoms with E-state index < -0.39 is 11.1 Å². The Balaban J connectivity index is 3.91. The van der Waals surface area contributed by atoms with Crippen molar-refractivity contribution >= 4 is 14.6 Å². The molecule has 0 rings (SSSR count).